The molecule has 6 rings (SSSR count). The minimum absolute atomic E-state index is 0.103. The maximum atomic E-state index is 13.6. The summed E-state index contributed by atoms with van der Waals surface area (Å²) in [5.74, 6) is 2.70. The molecule has 0 N–H and O–H groups in total. The predicted octanol–water partition coefficient (Wildman–Crippen LogP) is 3.03. The third-order valence-corrected chi connectivity index (χ3v) is 7.11. The number of hydrogen-bond acceptors (Lipinski definition) is 6. The molecule has 3 fully saturated rings. The average molecular weight is 431 g/mol. The van der Waals surface area contributed by atoms with E-state index in [2.05, 4.69) is 32.0 Å². The van der Waals surface area contributed by atoms with Crippen LogP contribution in [-0.2, 0) is 9.53 Å². The Hall–Kier alpha value is -3.26. The van der Waals surface area contributed by atoms with Crippen LogP contribution in [-0.4, -0.2) is 55.2 Å². The summed E-state index contributed by atoms with van der Waals surface area (Å²) in [4.78, 5) is 31.0. The van der Waals surface area contributed by atoms with Gasteiger partial charge in [0.2, 0.25) is 0 Å². The highest BCUT2D eigenvalue weighted by molar-refractivity contribution is 5.88. The predicted molar refractivity (Wildman–Crippen MR) is 118 cm³/mol. The summed E-state index contributed by atoms with van der Waals surface area (Å²) < 4.78 is 8.41. The lowest BCUT2D eigenvalue weighted by Gasteiger charge is -2.38. The molecule has 0 unspecified atom stereocenters. The molecule has 0 aliphatic carbocycles. The number of benzene rings is 1. The Morgan fingerprint density at radius 2 is 1.81 bits per heavy atom. The lowest BCUT2D eigenvalue weighted by molar-refractivity contribution is -0.140. The van der Waals surface area contributed by atoms with E-state index in [-0.39, 0.29) is 18.2 Å². The summed E-state index contributed by atoms with van der Waals surface area (Å²) in [6, 6.07) is 12.4. The molecule has 1 aromatic carbocycles. The van der Waals surface area contributed by atoms with E-state index < -0.39 is 5.60 Å². The van der Waals surface area contributed by atoms with Crippen LogP contribution in [0.5, 0.6) is 0 Å². The van der Waals surface area contributed by atoms with E-state index in [1.807, 2.05) is 46.9 Å². The highest BCUT2D eigenvalue weighted by Crippen LogP contribution is 2.47. The number of imidazole rings is 1. The van der Waals surface area contributed by atoms with Crippen LogP contribution in [0, 0.1) is 6.92 Å². The van der Waals surface area contributed by atoms with Crippen molar-refractivity contribution in [1.82, 2.24) is 24.4 Å². The van der Waals surface area contributed by atoms with Crippen molar-refractivity contribution >= 4 is 11.7 Å². The molecule has 1 amide bonds. The molecule has 8 nitrogen and oxygen atoms in total. The quantitative estimate of drug-likeness (QED) is 0.636. The van der Waals surface area contributed by atoms with Crippen molar-refractivity contribution in [2.75, 3.05) is 18.0 Å². The van der Waals surface area contributed by atoms with Crippen molar-refractivity contribution in [3.63, 3.8) is 0 Å². The normalized spacial score (nSPS) is 24.3. The topological polar surface area (TPSA) is 76.4 Å². The molecule has 32 heavy (non-hydrogen) atoms. The lowest BCUT2D eigenvalue weighted by atomic mass is 9.89. The van der Waals surface area contributed by atoms with Crippen molar-refractivity contribution in [3.05, 3.63) is 66.5 Å². The van der Waals surface area contributed by atoms with Gasteiger partial charge in [0.05, 0.1) is 6.04 Å². The number of ether oxygens (including phenoxy) is 1. The summed E-state index contributed by atoms with van der Waals surface area (Å²) in [6.45, 7) is 3.40. The third-order valence-electron chi connectivity index (χ3n) is 7.11. The van der Waals surface area contributed by atoms with Gasteiger partial charge in [-0.1, -0.05) is 30.3 Å². The Morgan fingerprint density at radius 1 is 1.03 bits per heavy atom. The summed E-state index contributed by atoms with van der Waals surface area (Å²) >= 11 is 0. The Labute approximate surface area is 186 Å². The van der Waals surface area contributed by atoms with Crippen LogP contribution in [0.3, 0.4) is 0 Å². The highest BCUT2D eigenvalue weighted by Gasteiger charge is 2.57. The van der Waals surface area contributed by atoms with Crippen molar-refractivity contribution in [2.24, 2.45) is 0 Å². The number of amides is 1. The van der Waals surface area contributed by atoms with Gasteiger partial charge in [0.1, 0.15) is 30.0 Å². The van der Waals surface area contributed by atoms with Gasteiger partial charge in [-0.2, -0.15) is 0 Å². The van der Waals surface area contributed by atoms with Gasteiger partial charge in [-0.3, -0.25) is 9.36 Å². The molecular weight excluding hydrogens is 404 g/mol. The van der Waals surface area contributed by atoms with Crippen LogP contribution in [0.4, 0.5) is 5.82 Å². The molecule has 0 bridgehead atoms. The molecule has 3 saturated heterocycles. The Balaban J connectivity index is 1.19. The summed E-state index contributed by atoms with van der Waals surface area (Å²) in [6.07, 6.45) is 8.35. The number of piperidine rings is 1. The Kier molecular flexibility index (Phi) is 4.50. The second kappa shape index (κ2) is 7.41. The van der Waals surface area contributed by atoms with E-state index in [0.717, 1.165) is 43.4 Å². The number of hydrogen-bond donors (Lipinski definition) is 0. The van der Waals surface area contributed by atoms with E-state index in [4.69, 9.17) is 4.74 Å². The van der Waals surface area contributed by atoms with Crippen LogP contribution in [0.2, 0.25) is 0 Å². The summed E-state index contributed by atoms with van der Waals surface area (Å²) in [5, 5.41) is 0. The number of carbonyl (C=O) groups excluding carboxylic acids is 1. The third kappa shape index (κ3) is 3.01. The van der Waals surface area contributed by atoms with Gasteiger partial charge < -0.3 is 14.5 Å². The van der Waals surface area contributed by atoms with Crippen molar-refractivity contribution in [1.29, 1.82) is 0 Å². The fourth-order valence-electron chi connectivity index (χ4n) is 5.41. The second-order valence-corrected chi connectivity index (χ2v) is 8.85. The monoisotopic (exact) mass is 430 g/mol. The van der Waals surface area contributed by atoms with Crippen molar-refractivity contribution < 1.29 is 9.53 Å². The van der Waals surface area contributed by atoms with Gasteiger partial charge in [0.25, 0.3) is 5.91 Å². The summed E-state index contributed by atoms with van der Waals surface area (Å²) in [7, 11) is 0. The van der Waals surface area contributed by atoms with E-state index in [0.29, 0.717) is 12.8 Å². The molecule has 1 spiro atoms. The van der Waals surface area contributed by atoms with Crippen LogP contribution < -0.4 is 4.90 Å². The maximum Gasteiger partial charge on any atom is 0.257 e. The fourth-order valence-corrected chi connectivity index (χ4v) is 5.41. The van der Waals surface area contributed by atoms with Crippen molar-refractivity contribution in [3.8, 4) is 5.82 Å². The Morgan fingerprint density at radius 3 is 2.56 bits per heavy atom. The molecule has 5 heterocycles. The van der Waals surface area contributed by atoms with Crippen molar-refractivity contribution in [2.45, 2.75) is 50.5 Å². The number of nitrogens with zero attached hydrogens (tertiary/aromatic N) is 6. The van der Waals surface area contributed by atoms with E-state index >= 15 is 0 Å². The van der Waals surface area contributed by atoms with Crippen LogP contribution in [0.1, 0.15) is 43.1 Å². The smallest absolute Gasteiger partial charge is 0.257 e. The van der Waals surface area contributed by atoms with Gasteiger partial charge in [-0.05, 0) is 25.3 Å². The molecule has 3 aliphatic heterocycles. The first-order chi connectivity index (χ1) is 15.6. The van der Waals surface area contributed by atoms with Gasteiger partial charge >= 0.3 is 0 Å². The number of carbonyl (C=O) groups is 1. The first-order valence-electron chi connectivity index (χ1n) is 11.3. The molecule has 3 aromatic rings. The number of rotatable bonds is 3. The number of aryl methyl sites for hydroxylation is 1. The van der Waals surface area contributed by atoms with Gasteiger partial charge in [0, 0.05) is 44.4 Å². The molecule has 8 heteroatoms. The first kappa shape index (κ1) is 19.4. The van der Waals surface area contributed by atoms with E-state index in [1.165, 1.54) is 5.56 Å². The zero-order chi connectivity index (χ0) is 21.7. The average Bonchev–Trinajstić information content (AvgIpc) is 3.51. The first-order valence-corrected chi connectivity index (χ1v) is 11.3. The highest BCUT2D eigenvalue weighted by atomic mass is 16.6. The number of fused-ring (bicyclic) bond motifs is 1. The van der Waals surface area contributed by atoms with Gasteiger partial charge in [0.15, 0.2) is 5.60 Å². The molecule has 3 aliphatic rings. The standard InChI is InChI=1S/C24H26N6O2/c1-17-25-11-14-29(17)21-15-20(26-16-27-21)28-12-9-24(10-13-28)23(31)30-19(7-8-22(30)32-24)18-5-3-2-4-6-18/h2-6,11,14-16,19,22H,7-10,12-13H2,1H3/t19-,22+/m0/s1. The van der Waals surface area contributed by atoms with Crippen LogP contribution in [0.15, 0.2) is 55.1 Å². The number of anilines is 1. The van der Waals surface area contributed by atoms with Gasteiger partial charge in [-0.25, -0.2) is 15.0 Å². The minimum atomic E-state index is -0.703. The second-order valence-electron chi connectivity index (χ2n) is 8.85. The molecule has 164 valence electrons. The zero-order valence-electron chi connectivity index (χ0n) is 18.1. The van der Waals surface area contributed by atoms with E-state index in [9.17, 15) is 4.79 Å². The van der Waals surface area contributed by atoms with Crippen LogP contribution in [0.25, 0.3) is 5.82 Å². The molecular formula is C24H26N6O2. The lowest BCUT2D eigenvalue weighted by Crippen LogP contribution is -2.50. The Bertz CT molecular complexity index is 1140. The molecule has 0 saturated carbocycles. The van der Waals surface area contributed by atoms with E-state index in [1.54, 1.807) is 12.5 Å². The molecule has 2 aromatic heterocycles. The maximum absolute atomic E-state index is 13.6. The molecule has 2 atom stereocenters. The minimum Gasteiger partial charge on any atom is -0.356 e. The van der Waals surface area contributed by atoms with Crippen LogP contribution >= 0.6 is 0 Å². The van der Waals surface area contributed by atoms with Gasteiger partial charge in [-0.15, -0.1) is 0 Å². The number of aromatic nitrogens is 4. The zero-order valence-corrected chi connectivity index (χ0v) is 18.1. The SMILES string of the molecule is Cc1nccn1-c1cc(N2CCC3(CC2)O[C@@H]2CC[C@@H](c4ccccc4)N2C3=O)ncn1. The summed E-state index contributed by atoms with van der Waals surface area (Å²) in [5.41, 5.74) is 0.496. The molecule has 0 radical (unpaired) electrons. The largest absolute Gasteiger partial charge is 0.356 e. The fraction of sp³-hybridized carbons (Fsp3) is 0.417.